The lowest BCUT2D eigenvalue weighted by molar-refractivity contribution is -0.115. The van der Waals surface area contributed by atoms with Crippen molar-refractivity contribution in [3.63, 3.8) is 0 Å². The number of amides is 1. The zero-order valence-corrected chi connectivity index (χ0v) is 23.4. The van der Waals surface area contributed by atoms with Gasteiger partial charge >= 0.3 is 0 Å². The van der Waals surface area contributed by atoms with Gasteiger partial charge in [0, 0.05) is 11.6 Å². The van der Waals surface area contributed by atoms with Crippen molar-refractivity contribution in [2.24, 2.45) is 0 Å². The maximum Gasteiger partial charge on any atom is 0.264 e. The van der Waals surface area contributed by atoms with Crippen LogP contribution in [0.5, 0.6) is 0 Å². The van der Waals surface area contributed by atoms with Crippen molar-refractivity contribution in [3.8, 4) is 11.1 Å². The molecule has 1 fully saturated rings. The predicted molar refractivity (Wildman–Crippen MR) is 152 cm³/mol. The summed E-state index contributed by atoms with van der Waals surface area (Å²) in [7, 11) is -3.97. The van der Waals surface area contributed by atoms with Crippen LogP contribution in [-0.2, 0) is 14.8 Å². The molecule has 0 unspecified atom stereocenters. The van der Waals surface area contributed by atoms with E-state index in [0.29, 0.717) is 11.7 Å². The third-order valence-corrected chi connectivity index (χ3v) is 9.00. The Kier molecular flexibility index (Phi) is 8.07. The fourth-order valence-corrected chi connectivity index (χ4v) is 6.25. The smallest absolute Gasteiger partial charge is 0.264 e. The molecule has 3 aromatic rings. The van der Waals surface area contributed by atoms with Crippen molar-refractivity contribution < 1.29 is 17.6 Å². The highest BCUT2D eigenvalue weighted by Gasteiger charge is 2.21. The minimum absolute atomic E-state index is 0.0289. The highest BCUT2D eigenvalue weighted by Crippen LogP contribution is 2.37. The number of rotatable bonds is 7. The molecule has 5 nitrogen and oxygen atoms in total. The summed E-state index contributed by atoms with van der Waals surface area (Å²) < 4.78 is 42.4. The second-order valence-electron chi connectivity index (χ2n) is 10.2. The van der Waals surface area contributed by atoms with Crippen molar-refractivity contribution in [2.75, 3.05) is 5.32 Å². The van der Waals surface area contributed by atoms with Gasteiger partial charge in [-0.2, -0.15) is 0 Å². The summed E-state index contributed by atoms with van der Waals surface area (Å²) in [5.41, 5.74) is 7.32. The first-order valence-corrected chi connectivity index (χ1v) is 14.4. The lowest BCUT2D eigenvalue weighted by atomic mass is 9.85. The summed E-state index contributed by atoms with van der Waals surface area (Å²) in [5.74, 6) is -0.945. The molecule has 0 atom stereocenters. The van der Waals surface area contributed by atoms with Gasteiger partial charge in [-0.05, 0) is 117 Å². The van der Waals surface area contributed by atoms with Crippen LogP contribution < -0.4 is 10.0 Å². The van der Waals surface area contributed by atoms with Crippen LogP contribution in [0.3, 0.4) is 0 Å². The zero-order chi connectivity index (χ0) is 27.6. The Balaban J connectivity index is 1.64. The molecule has 0 heterocycles. The number of nitrogens with one attached hydrogen (secondary N) is 2. The first-order chi connectivity index (χ1) is 18.0. The molecule has 0 saturated heterocycles. The van der Waals surface area contributed by atoms with Gasteiger partial charge in [0.2, 0.25) is 0 Å². The number of benzene rings is 3. The molecule has 200 valence electrons. The number of carbonyl (C=O) groups is 1. The predicted octanol–water partition coefficient (Wildman–Crippen LogP) is 6.99. The van der Waals surface area contributed by atoms with Gasteiger partial charge < -0.3 is 5.32 Å². The largest absolute Gasteiger partial charge is 0.380 e. The van der Waals surface area contributed by atoms with Crippen molar-refractivity contribution in [2.45, 2.75) is 71.2 Å². The molecule has 0 spiro atoms. The number of carbonyl (C=O) groups excluding carboxylic acids is 1. The molecule has 0 aliphatic heterocycles. The molecule has 7 heteroatoms. The summed E-state index contributed by atoms with van der Waals surface area (Å²) >= 11 is 0. The van der Waals surface area contributed by atoms with Crippen LogP contribution in [0.1, 0.15) is 60.4 Å². The van der Waals surface area contributed by atoms with E-state index in [0.717, 1.165) is 51.8 Å². The van der Waals surface area contributed by atoms with Gasteiger partial charge in [-0.15, -0.1) is 0 Å². The second-order valence-corrected chi connectivity index (χ2v) is 11.9. The number of hydrogen-bond donors (Lipinski definition) is 2. The fourth-order valence-electron chi connectivity index (χ4n) is 5.21. The lowest BCUT2D eigenvalue weighted by Crippen LogP contribution is -2.31. The van der Waals surface area contributed by atoms with Gasteiger partial charge in [0.15, 0.2) is 0 Å². The molecule has 1 aliphatic carbocycles. The highest BCUT2D eigenvalue weighted by molar-refractivity contribution is 7.90. The lowest BCUT2D eigenvalue weighted by Gasteiger charge is -2.21. The molecular weight excluding hydrogens is 499 g/mol. The Morgan fingerprint density at radius 3 is 2.11 bits per heavy atom. The summed E-state index contributed by atoms with van der Waals surface area (Å²) in [6.07, 6.45) is 6.22. The molecule has 2 N–H and O–H groups in total. The maximum absolute atomic E-state index is 15.1. The van der Waals surface area contributed by atoms with E-state index in [-0.39, 0.29) is 16.3 Å². The number of halogens is 1. The van der Waals surface area contributed by atoms with Gasteiger partial charge in [0.25, 0.3) is 15.9 Å². The maximum atomic E-state index is 15.1. The van der Waals surface area contributed by atoms with Crippen LogP contribution in [0, 0.1) is 33.5 Å². The van der Waals surface area contributed by atoms with Gasteiger partial charge in [-0.25, -0.2) is 17.5 Å². The quantitative estimate of drug-likeness (QED) is 0.320. The average molecular weight is 535 g/mol. The zero-order valence-electron chi connectivity index (χ0n) is 22.6. The first kappa shape index (κ1) is 27.6. The van der Waals surface area contributed by atoms with Crippen LogP contribution in [0.4, 0.5) is 10.1 Å². The molecule has 1 amide bonds. The monoisotopic (exact) mass is 534 g/mol. The Morgan fingerprint density at radius 1 is 0.921 bits per heavy atom. The Labute approximate surface area is 225 Å². The van der Waals surface area contributed by atoms with Crippen molar-refractivity contribution in [1.29, 1.82) is 0 Å². The number of anilines is 1. The summed E-state index contributed by atoms with van der Waals surface area (Å²) in [6, 6.07) is 13.5. The Morgan fingerprint density at radius 2 is 1.53 bits per heavy atom. The summed E-state index contributed by atoms with van der Waals surface area (Å²) in [6.45, 7) is 9.52. The molecule has 3 aromatic carbocycles. The summed E-state index contributed by atoms with van der Waals surface area (Å²) in [5, 5.41) is 3.34. The highest BCUT2D eigenvalue weighted by atomic mass is 32.2. The first-order valence-electron chi connectivity index (χ1n) is 13.0. The minimum Gasteiger partial charge on any atom is -0.380 e. The van der Waals surface area contributed by atoms with E-state index >= 15 is 4.39 Å². The number of hydrogen-bond acceptors (Lipinski definition) is 4. The van der Waals surface area contributed by atoms with Gasteiger partial charge in [-0.1, -0.05) is 37.1 Å². The average Bonchev–Trinajstić information content (AvgIpc) is 3.40. The van der Waals surface area contributed by atoms with Crippen molar-refractivity contribution >= 4 is 27.7 Å². The second kappa shape index (κ2) is 11.1. The third-order valence-electron chi connectivity index (χ3n) is 7.66. The standard InChI is InChI=1S/C31H35FN2O3S/c1-19(31(35)34-38(36,37)26-13-7-6-8-14-26)17-27-20(2)22(4)30(23(5)21(27)3)24-15-16-29(28(32)18-24)33-25-11-9-10-12-25/h6-8,13-18,25,33H,9-12H2,1-5H3,(H,34,35). The number of sulfonamides is 1. The van der Waals surface area contributed by atoms with Gasteiger partial charge in [0.05, 0.1) is 10.6 Å². The SMILES string of the molecule is CC(=Cc1c(C)c(C)c(-c2ccc(NC3CCCC3)c(F)c2)c(C)c1C)C(=O)NS(=O)(=O)c1ccccc1. The van der Waals surface area contributed by atoms with Crippen LogP contribution in [0.2, 0.25) is 0 Å². The van der Waals surface area contributed by atoms with E-state index in [2.05, 4.69) is 10.0 Å². The molecule has 0 radical (unpaired) electrons. The van der Waals surface area contributed by atoms with E-state index in [1.165, 1.54) is 25.0 Å². The Bertz CT molecular complexity index is 1480. The Hall–Kier alpha value is -3.45. The van der Waals surface area contributed by atoms with Crippen LogP contribution in [0.15, 0.2) is 59.0 Å². The fraction of sp³-hybridized carbons (Fsp3) is 0.323. The molecule has 1 saturated carbocycles. The molecular formula is C31H35FN2O3S. The van der Waals surface area contributed by atoms with E-state index in [1.807, 2.05) is 39.8 Å². The molecule has 4 rings (SSSR count). The minimum atomic E-state index is -3.97. The molecule has 0 bridgehead atoms. The molecule has 1 aliphatic rings. The van der Waals surface area contributed by atoms with Crippen LogP contribution in [-0.4, -0.2) is 20.4 Å². The van der Waals surface area contributed by atoms with Crippen LogP contribution >= 0.6 is 0 Å². The van der Waals surface area contributed by atoms with Crippen molar-refractivity contribution in [3.05, 3.63) is 87.7 Å². The van der Waals surface area contributed by atoms with E-state index in [9.17, 15) is 13.2 Å². The van der Waals surface area contributed by atoms with E-state index in [1.54, 1.807) is 37.3 Å². The van der Waals surface area contributed by atoms with Gasteiger partial charge in [-0.3, -0.25) is 4.79 Å². The van der Waals surface area contributed by atoms with Crippen LogP contribution in [0.25, 0.3) is 17.2 Å². The molecule has 0 aromatic heterocycles. The topological polar surface area (TPSA) is 75.3 Å². The summed E-state index contributed by atoms with van der Waals surface area (Å²) in [4.78, 5) is 12.8. The van der Waals surface area contributed by atoms with Gasteiger partial charge in [0.1, 0.15) is 5.82 Å². The van der Waals surface area contributed by atoms with Crippen molar-refractivity contribution in [1.82, 2.24) is 4.72 Å². The third kappa shape index (κ3) is 5.68. The normalized spacial score (nSPS) is 14.5. The van der Waals surface area contributed by atoms with E-state index in [4.69, 9.17) is 0 Å². The van der Waals surface area contributed by atoms with E-state index < -0.39 is 15.9 Å². The molecule has 38 heavy (non-hydrogen) atoms.